The van der Waals surface area contributed by atoms with Crippen molar-refractivity contribution in [1.29, 1.82) is 0 Å². The van der Waals surface area contributed by atoms with E-state index in [2.05, 4.69) is 181 Å². The van der Waals surface area contributed by atoms with Gasteiger partial charge in [0.15, 0.2) is 40.8 Å². The normalized spacial score (nSPS) is 10.8. The lowest BCUT2D eigenvalue weighted by Gasteiger charge is -2.09. The van der Waals surface area contributed by atoms with Crippen molar-refractivity contribution in [3.05, 3.63) is 416 Å². The van der Waals surface area contributed by atoms with Crippen molar-refractivity contribution in [2.24, 2.45) is 0 Å². The Bertz CT molecular complexity index is 6520. The smallest absolute Gasteiger partial charge is 0.164 e. The number of fused-ring (bicyclic) bond motifs is 5. The van der Waals surface area contributed by atoms with Crippen molar-refractivity contribution in [3.8, 4) is 125 Å². The van der Waals surface area contributed by atoms with E-state index < -0.39 is 0 Å². The zero-order valence-corrected chi connectivity index (χ0v) is 64.8. The molecule has 12 nitrogen and oxygen atoms in total. The topological polar surface area (TPSA) is 155 Å². The summed E-state index contributed by atoms with van der Waals surface area (Å²) in [5.41, 5.74) is 23.9. The molecule has 0 bridgehead atoms. The van der Waals surface area contributed by atoms with E-state index in [4.69, 9.17) is 44.3 Å². The zero-order chi connectivity index (χ0) is 78.9. The van der Waals surface area contributed by atoms with Crippen molar-refractivity contribution >= 4 is 43.7 Å². The highest BCUT2D eigenvalue weighted by atomic mass is 16.3. The molecule has 0 amide bonds. The van der Waals surface area contributed by atoms with Gasteiger partial charge in [-0.3, -0.25) is 4.98 Å². The number of para-hydroxylation sites is 3. The highest BCUT2D eigenvalue weighted by molar-refractivity contribution is 6.12. The van der Waals surface area contributed by atoms with Gasteiger partial charge >= 0.3 is 0 Å². The van der Waals surface area contributed by atoms with E-state index in [1.165, 1.54) is 22.1 Å². The molecule has 0 atom stereocenters. The fourth-order valence-corrected chi connectivity index (χ4v) is 13.9. The Morgan fingerprint density at radius 3 is 1.08 bits per heavy atom. The largest absolute Gasteiger partial charge is 0.456 e. The summed E-state index contributed by atoms with van der Waals surface area (Å²) in [6.07, 6.45) is 0. The molecular formula is C104H79N11O. The van der Waals surface area contributed by atoms with Crippen LogP contribution >= 0.6 is 0 Å². The first-order valence-corrected chi connectivity index (χ1v) is 38.6. The summed E-state index contributed by atoms with van der Waals surface area (Å²) in [7, 11) is 0. The molecule has 20 rings (SSSR count). The molecule has 0 saturated heterocycles. The van der Waals surface area contributed by atoms with Crippen molar-refractivity contribution in [3.63, 3.8) is 0 Å². The second kappa shape index (κ2) is 35.4. The summed E-state index contributed by atoms with van der Waals surface area (Å²) >= 11 is 0. The molecule has 6 heterocycles. The van der Waals surface area contributed by atoms with Gasteiger partial charge in [-0.15, -0.1) is 0 Å². The standard InChI is InChI=1S/C28H19N3O.C23H18N2.C22H17N3.C16H13N.C15H12N2/c1-18-9-7-12-20(17-18)27-29-26(19-10-3-2-4-11-19)30-28(31-27)22-14-8-16-24-25(22)21-13-5-6-15-23(21)32-24;1-17-9-8-14-20(15-17)23-24-21(18-10-4-2-5-11-18)16-22(25-23)19-12-6-3-7-13-19;1-16-10-8-9-15-19(16)22-24-20(17-11-4-2-5-12-17)23-21(25-22)18-13-6-3-7-14-18;1-12-11-15(13-7-3-2-4-8-13)14-9-5-6-10-16(14)17-12;1-11-16-14-10-6-5-9-13(14)15(17-11)12-7-3-2-4-8-12/h2-17H,1H3;2-16H,1H3;2-15H,1H3;2-11H,1H3;2-10H,1H3. The second-order valence-corrected chi connectivity index (χ2v) is 27.9. The van der Waals surface area contributed by atoms with Gasteiger partial charge in [0.2, 0.25) is 0 Å². The molecule has 0 N–H and O–H groups in total. The number of hydrogen-bond acceptors (Lipinski definition) is 12. The summed E-state index contributed by atoms with van der Waals surface area (Å²) in [4.78, 5) is 52.0. The Kier molecular flexibility index (Phi) is 22.8. The van der Waals surface area contributed by atoms with Gasteiger partial charge in [-0.25, -0.2) is 49.8 Å². The number of pyridine rings is 1. The third kappa shape index (κ3) is 17.7. The molecule has 12 heteroatoms. The number of benzene rings is 14. The van der Waals surface area contributed by atoms with Crippen LogP contribution in [0.4, 0.5) is 0 Å². The van der Waals surface area contributed by atoms with Crippen molar-refractivity contribution in [2.45, 2.75) is 34.6 Å². The monoisotopic (exact) mass is 1500 g/mol. The minimum atomic E-state index is 0.632. The van der Waals surface area contributed by atoms with Crippen molar-refractivity contribution in [1.82, 2.24) is 54.8 Å². The van der Waals surface area contributed by atoms with E-state index in [1.807, 2.05) is 257 Å². The van der Waals surface area contributed by atoms with Gasteiger partial charge in [0.1, 0.15) is 17.0 Å². The molecule has 0 aliphatic heterocycles. The number of furan rings is 1. The number of aryl methyl sites for hydroxylation is 5. The number of hydrogen-bond donors (Lipinski definition) is 0. The van der Waals surface area contributed by atoms with E-state index in [9.17, 15) is 0 Å². The van der Waals surface area contributed by atoms with E-state index in [-0.39, 0.29) is 0 Å². The first kappa shape index (κ1) is 74.8. The first-order valence-electron chi connectivity index (χ1n) is 38.6. The van der Waals surface area contributed by atoms with E-state index >= 15 is 0 Å². The van der Waals surface area contributed by atoms with Crippen LogP contribution in [-0.4, -0.2) is 54.8 Å². The summed E-state index contributed by atoms with van der Waals surface area (Å²) < 4.78 is 6.09. The SMILES string of the molecule is Cc1cc(-c2ccccc2)c2ccccc2n1.Cc1cccc(-c2nc(-c3ccccc3)cc(-c3ccccc3)n2)c1.Cc1cccc(-c2nc(-c3ccccc3)nc(-c3cccc4oc5ccccc5c34)n2)c1.Cc1ccccc1-c1nc(-c2ccccc2)nc(-c2ccccc2)n1.Cc1nc(-c2ccccc2)c2ccccc2n1. The highest BCUT2D eigenvalue weighted by Crippen LogP contribution is 2.38. The van der Waals surface area contributed by atoms with Crippen LogP contribution in [0.15, 0.2) is 393 Å². The second-order valence-electron chi connectivity index (χ2n) is 27.9. The lowest BCUT2D eigenvalue weighted by Crippen LogP contribution is -2.00. The molecule has 0 aliphatic rings. The first-order chi connectivity index (χ1) is 57.0. The van der Waals surface area contributed by atoms with Gasteiger partial charge in [-0.05, 0) is 99.8 Å². The average molecular weight is 1500 g/mol. The number of nitrogens with zero attached hydrogens (tertiary/aromatic N) is 11. The molecule has 6 aromatic heterocycles. The molecule has 0 radical (unpaired) electrons. The van der Waals surface area contributed by atoms with Gasteiger partial charge in [0.05, 0.1) is 28.1 Å². The Morgan fingerprint density at radius 2 is 0.569 bits per heavy atom. The zero-order valence-electron chi connectivity index (χ0n) is 64.8. The highest BCUT2D eigenvalue weighted by Gasteiger charge is 2.20. The Labute approximate surface area is 674 Å². The summed E-state index contributed by atoms with van der Waals surface area (Å²) in [6, 6.07) is 131. The molecule has 0 aliphatic carbocycles. The van der Waals surface area contributed by atoms with E-state index in [0.29, 0.717) is 34.9 Å². The lowest BCUT2D eigenvalue weighted by molar-refractivity contribution is 0.669. The van der Waals surface area contributed by atoms with Crippen molar-refractivity contribution in [2.75, 3.05) is 0 Å². The molecular weight excluding hydrogens is 1420 g/mol. The average Bonchev–Trinajstić information content (AvgIpc) is 1.59. The molecule has 0 spiro atoms. The summed E-state index contributed by atoms with van der Waals surface area (Å²) in [5.74, 6) is 5.57. The quantitative estimate of drug-likeness (QED) is 0.121. The maximum atomic E-state index is 6.09. The van der Waals surface area contributed by atoms with Gasteiger partial charge in [0, 0.05) is 82.9 Å². The van der Waals surface area contributed by atoms with Crippen LogP contribution in [0.5, 0.6) is 0 Å². The molecule has 0 unspecified atom stereocenters. The van der Waals surface area contributed by atoms with Gasteiger partial charge < -0.3 is 4.42 Å². The Morgan fingerprint density at radius 1 is 0.207 bits per heavy atom. The Hall–Kier alpha value is -15.3. The minimum Gasteiger partial charge on any atom is -0.456 e. The van der Waals surface area contributed by atoms with Crippen LogP contribution in [0.1, 0.15) is 28.2 Å². The lowest BCUT2D eigenvalue weighted by atomic mass is 10.0. The van der Waals surface area contributed by atoms with Gasteiger partial charge in [-0.1, -0.05) is 351 Å². The molecule has 116 heavy (non-hydrogen) atoms. The van der Waals surface area contributed by atoms with Crippen LogP contribution in [0.3, 0.4) is 0 Å². The minimum absolute atomic E-state index is 0.632. The van der Waals surface area contributed by atoms with Crippen LogP contribution < -0.4 is 0 Å². The van der Waals surface area contributed by atoms with E-state index in [1.54, 1.807) is 0 Å². The molecule has 556 valence electrons. The maximum Gasteiger partial charge on any atom is 0.164 e. The Balaban J connectivity index is 0.000000111. The fraction of sp³-hybridized carbons (Fsp3) is 0.0481. The number of aromatic nitrogens is 11. The van der Waals surface area contributed by atoms with Gasteiger partial charge in [0.25, 0.3) is 0 Å². The van der Waals surface area contributed by atoms with Crippen LogP contribution in [-0.2, 0) is 0 Å². The third-order valence-electron chi connectivity index (χ3n) is 19.5. The van der Waals surface area contributed by atoms with Crippen molar-refractivity contribution < 1.29 is 4.42 Å². The van der Waals surface area contributed by atoms with Crippen LogP contribution in [0.2, 0.25) is 0 Å². The van der Waals surface area contributed by atoms with E-state index in [0.717, 1.165) is 140 Å². The summed E-state index contributed by atoms with van der Waals surface area (Å²) in [6.45, 7) is 10.2. The molecule has 0 fully saturated rings. The predicted molar refractivity (Wildman–Crippen MR) is 474 cm³/mol. The summed E-state index contributed by atoms with van der Waals surface area (Å²) in [5, 5.41) is 4.38. The third-order valence-corrected chi connectivity index (χ3v) is 19.5. The maximum absolute atomic E-state index is 6.09. The van der Waals surface area contributed by atoms with Crippen LogP contribution in [0, 0.1) is 34.6 Å². The molecule has 14 aromatic carbocycles. The predicted octanol–water partition coefficient (Wildman–Crippen LogP) is 25.9. The fourth-order valence-electron chi connectivity index (χ4n) is 13.9. The van der Waals surface area contributed by atoms with Crippen LogP contribution in [0.25, 0.3) is 168 Å². The number of rotatable bonds is 11. The molecule has 0 saturated carbocycles. The molecule has 20 aromatic rings. The van der Waals surface area contributed by atoms with Gasteiger partial charge in [-0.2, -0.15) is 0 Å².